The maximum absolute atomic E-state index is 10.6. The van der Waals surface area contributed by atoms with Crippen molar-refractivity contribution in [2.24, 2.45) is 0 Å². The number of rotatable bonds is 3. The zero-order chi connectivity index (χ0) is 10.7. The Hall–Kier alpha value is -1.48. The zero-order valence-electron chi connectivity index (χ0n) is 8.43. The van der Waals surface area contributed by atoms with Gasteiger partial charge >= 0.3 is 0 Å². The highest BCUT2D eigenvalue weighted by atomic mass is 32.1. The lowest BCUT2D eigenvalue weighted by atomic mass is 10.2. The van der Waals surface area contributed by atoms with Gasteiger partial charge in [0, 0.05) is 11.3 Å². The van der Waals surface area contributed by atoms with Crippen LogP contribution in [0.3, 0.4) is 0 Å². The van der Waals surface area contributed by atoms with Crippen LogP contribution in [0, 0.1) is 6.92 Å². The predicted octanol–water partition coefficient (Wildman–Crippen LogP) is 2.85. The quantitative estimate of drug-likeness (QED) is 0.740. The van der Waals surface area contributed by atoms with E-state index in [1.807, 2.05) is 25.1 Å². The first-order chi connectivity index (χ1) is 7.29. The van der Waals surface area contributed by atoms with Crippen molar-refractivity contribution in [2.45, 2.75) is 13.3 Å². The zero-order valence-corrected chi connectivity index (χ0v) is 9.25. The Morgan fingerprint density at radius 1 is 1.33 bits per heavy atom. The van der Waals surface area contributed by atoms with Crippen LogP contribution in [0.1, 0.15) is 25.9 Å². The first-order valence-electron chi connectivity index (χ1n) is 4.75. The standard InChI is InChI=1S/C12H11NOS/c1-9-11(8-14)13-12(15-9)7-10-5-3-2-4-6-10/h2-6,8H,7H2,1H3. The number of aldehydes is 1. The summed E-state index contributed by atoms with van der Waals surface area (Å²) >= 11 is 1.59. The molecule has 0 aliphatic carbocycles. The van der Waals surface area contributed by atoms with Crippen molar-refractivity contribution in [3.05, 3.63) is 51.5 Å². The molecule has 0 saturated carbocycles. The van der Waals surface area contributed by atoms with E-state index in [-0.39, 0.29) is 0 Å². The van der Waals surface area contributed by atoms with Crippen LogP contribution in [0.5, 0.6) is 0 Å². The Bertz CT molecular complexity index is 462. The van der Waals surface area contributed by atoms with E-state index in [4.69, 9.17) is 0 Å². The third kappa shape index (κ3) is 2.30. The van der Waals surface area contributed by atoms with Gasteiger partial charge in [-0.25, -0.2) is 4.98 Å². The summed E-state index contributed by atoms with van der Waals surface area (Å²) in [5, 5.41) is 1.00. The molecule has 2 aromatic rings. The van der Waals surface area contributed by atoms with E-state index < -0.39 is 0 Å². The Morgan fingerprint density at radius 2 is 2.07 bits per heavy atom. The molecule has 0 N–H and O–H groups in total. The summed E-state index contributed by atoms with van der Waals surface area (Å²) in [6.45, 7) is 1.93. The van der Waals surface area contributed by atoms with Gasteiger partial charge in [-0.2, -0.15) is 0 Å². The number of carbonyl (C=O) groups excluding carboxylic acids is 1. The largest absolute Gasteiger partial charge is 0.296 e. The normalized spacial score (nSPS) is 10.2. The molecule has 1 heterocycles. The molecule has 0 amide bonds. The van der Waals surface area contributed by atoms with Crippen LogP contribution < -0.4 is 0 Å². The van der Waals surface area contributed by atoms with Crippen molar-refractivity contribution in [3.8, 4) is 0 Å². The van der Waals surface area contributed by atoms with Gasteiger partial charge in [-0.05, 0) is 12.5 Å². The van der Waals surface area contributed by atoms with E-state index in [0.717, 1.165) is 22.6 Å². The third-order valence-corrected chi connectivity index (χ3v) is 3.17. The summed E-state index contributed by atoms with van der Waals surface area (Å²) in [6, 6.07) is 10.1. The van der Waals surface area contributed by atoms with E-state index in [9.17, 15) is 4.79 Å². The van der Waals surface area contributed by atoms with E-state index >= 15 is 0 Å². The Balaban J connectivity index is 2.21. The minimum Gasteiger partial charge on any atom is -0.296 e. The minimum absolute atomic E-state index is 0.575. The highest BCUT2D eigenvalue weighted by Crippen LogP contribution is 2.18. The number of aromatic nitrogens is 1. The van der Waals surface area contributed by atoms with E-state index in [0.29, 0.717) is 5.69 Å². The molecule has 15 heavy (non-hydrogen) atoms. The smallest absolute Gasteiger partial charge is 0.169 e. The van der Waals surface area contributed by atoms with Crippen molar-refractivity contribution < 1.29 is 4.79 Å². The molecular formula is C12H11NOS. The minimum atomic E-state index is 0.575. The van der Waals surface area contributed by atoms with Crippen LogP contribution in [-0.4, -0.2) is 11.3 Å². The first-order valence-corrected chi connectivity index (χ1v) is 5.56. The van der Waals surface area contributed by atoms with Crippen molar-refractivity contribution in [1.82, 2.24) is 4.98 Å². The highest BCUT2D eigenvalue weighted by molar-refractivity contribution is 7.11. The number of aryl methyl sites for hydroxylation is 1. The fourth-order valence-electron chi connectivity index (χ4n) is 1.42. The summed E-state index contributed by atoms with van der Waals surface area (Å²) in [5.74, 6) is 0. The van der Waals surface area contributed by atoms with Crippen LogP contribution in [-0.2, 0) is 6.42 Å². The topological polar surface area (TPSA) is 30.0 Å². The fraction of sp³-hybridized carbons (Fsp3) is 0.167. The third-order valence-electron chi connectivity index (χ3n) is 2.19. The van der Waals surface area contributed by atoms with Crippen LogP contribution in [0.25, 0.3) is 0 Å². The number of nitrogens with zero attached hydrogens (tertiary/aromatic N) is 1. The number of hydrogen-bond acceptors (Lipinski definition) is 3. The molecule has 0 spiro atoms. The van der Waals surface area contributed by atoms with Gasteiger partial charge in [0.2, 0.25) is 0 Å². The predicted molar refractivity (Wildman–Crippen MR) is 61.5 cm³/mol. The first kappa shape index (κ1) is 10.1. The molecule has 0 radical (unpaired) electrons. The maximum atomic E-state index is 10.6. The van der Waals surface area contributed by atoms with Crippen molar-refractivity contribution in [1.29, 1.82) is 0 Å². The number of benzene rings is 1. The van der Waals surface area contributed by atoms with E-state index in [1.54, 1.807) is 11.3 Å². The average Bonchev–Trinajstić information content (AvgIpc) is 2.60. The van der Waals surface area contributed by atoms with Gasteiger partial charge in [-0.15, -0.1) is 11.3 Å². The SMILES string of the molecule is Cc1sc(Cc2ccccc2)nc1C=O. The van der Waals surface area contributed by atoms with Crippen LogP contribution in [0.2, 0.25) is 0 Å². The van der Waals surface area contributed by atoms with Crippen LogP contribution >= 0.6 is 11.3 Å². The van der Waals surface area contributed by atoms with Gasteiger partial charge in [0.1, 0.15) is 5.69 Å². The molecule has 2 nitrogen and oxygen atoms in total. The summed E-state index contributed by atoms with van der Waals surface area (Å²) in [7, 11) is 0. The van der Waals surface area contributed by atoms with Crippen LogP contribution in [0.4, 0.5) is 0 Å². The highest BCUT2D eigenvalue weighted by Gasteiger charge is 2.06. The number of thiazole rings is 1. The lowest BCUT2D eigenvalue weighted by molar-refractivity contribution is 0.111. The van der Waals surface area contributed by atoms with Gasteiger partial charge in [-0.1, -0.05) is 30.3 Å². The lowest BCUT2D eigenvalue weighted by Gasteiger charge is -1.95. The van der Waals surface area contributed by atoms with Gasteiger partial charge < -0.3 is 0 Å². The monoisotopic (exact) mass is 217 g/mol. The van der Waals surface area contributed by atoms with Crippen LogP contribution in [0.15, 0.2) is 30.3 Å². The Labute approximate surface area is 92.6 Å². The molecule has 2 rings (SSSR count). The van der Waals surface area contributed by atoms with Crippen molar-refractivity contribution >= 4 is 17.6 Å². The molecule has 0 atom stereocenters. The summed E-state index contributed by atoms with van der Waals surface area (Å²) in [5.41, 5.74) is 1.80. The Kier molecular flexibility index (Phi) is 2.92. The number of carbonyl (C=O) groups is 1. The molecule has 0 aliphatic heterocycles. The van der Waals surface area contributed by atoms with Gasteiger partial charge in [0.25, 0.3) is 0 Å². The molecule has 1 aromatic carbocycles. The second kappa shape index (κ2) is 4.36. The molecule has 0 fully saturated rings. The lowest BCUT2D eigenvalue weighted by Crippen LogP contribution is -1.88. The summed E-state index contributed by atoms with van der Waals surface area (Å²) in [6.07, 6.45) is 1.63. The van der Waals surface area contributed by atoms with Gasteiger partial charge in [-0.3, -0.25) is 4.79 Å². The van der Waals surface area contributed by atoms with Crippen molar-refractivity contribution in [3.63, 3.8) is 0 Å². The Morgan fingerprint density at radius 3 is 2.67 bits per heavy atom. The molecule has 1 aromatic heterocycles. The van der Waals surface area contributed by atoms with Gasteiger partial charge in [0.05, 0.1) is 5.01 Å². The van der Waals surface area contributed by atoms with Crippen molar-refractivity contribution in [2.75, 3.05) is 0 Å². The molecule has 76 valence electrons. The van der Waals surface area contributed by atoms with E-state index in [1.165, 1.54) is 5.56 Å². The molecule has 0 unspecified atom stereocenters. The summed E-state index contributed by atoms with van der Waals surface area (Å²) < 4.78 is 0. The maximum Gasteiger partial charge on any atom is 0.169 e. The second-order valence-corrected chi connectivity index (χ2v) is 4.62. The molecule has 0 bridgehead atoms. The fourth-order valence-corrected chi connectivity index (χ4v) is 2.35. The second-order valence-electron chi connectivity index (χ2n) is 3.33. The molecule has 3 heteroatoms. The van der Waals surface area contributed by atoms with Gasteiger partial charge in [0.15, 0.2) is 6.29 Å². The average molecular weight is 217 g/mol. The number of hydrogen-bond donors (Lipinski definition) is 0. The molecule has 0 aliphatic rings. The summed E-state index contributed by atoms with van der Waals surface area (Å²) in [4.78, 5) is 15.9. The molecular weight excluding hydrogens is 206 g/mol. The molecule has 0 saturated heterocycles. The van der Waals surface area contributed by atoms with E-state index in [2.05, 4.69) is 17.1 Å².